The zero-order valence-corrected chi connectivity index (χ0v) is 10.5. The quantitative estimate of drug-likeness (QED) is 0.856. The van der Waals surface area contributed by atoms with Gasteiger partial charge in [-0.05, 0) is 22.0 Å². The highest BCUT2D eigenvalue weighted by molar-refractivity contribution is 9.10. The lowest BCUT2D eigenvalue weighted by Crippen LogP contribution is -2.15. The number of hydrogen-bond acceptors (Lipinski definition) is 5. The second kappa shape index (κ2) is 5.40. The number of nitrogens with zero attached hydrogens (tertiary/aromatic N) is 1. The fraction of sp³-hybridized carbons (Fsp3) is 0.286. The van der Waals surface area contributed by atoms with Crippen LogP contribution in [-0.2, 0) is 15.8 Å². The van der Waals surface area contributed by atoms with E-state index in [1.807, 2.05) is 0 Å². The molecule has 0 saturated carbocycles. The molecule has 0 aliphatic rings. The van der Waals surface area contributed by atoms with E-state index in [1.54, 1.807) is 6.07 Å². The normalized spacial score (nSPS) is 10.6. The van der Waals surface area contributed by atoms with Gasteiger partial charge in [-0.3, -0.25) is 0 Å². The van der Waals surface area contributed by atoms with E-state index in [1.165, 1.54) is 13.3 Å². The maximum Gasteiger partial charge on any atom is 0.217 e. The fourth-order valence-electron chi connectivity index (χ4n) is 0.973. The van der Waals surface area contributed by atoms with E-state index in [-0.39, 0.29) is 17.8 Å². The SMILES string of the molecule is COc1ncc(Br)cc1CS(N)(=O)=O.N. The summed E-state index contributed by atoms with van der Waals surface area (Å²) in [4.78, 5) is 3.89. The van der Waals surface area contributed by atoms with Crippen LogP contribution >= 0.6 is 15.9 Å². The van der Waals surface area contributed by atoms with Crippen molar-refractivity contribution in [2.75, 3.05) is 7.11 Å². The van der Waals surface area contributed by atoms with E-state index in [0.29, 0.717) is 10.0 Å². The highest BCUT2D eigenvalue weighted by Crippen LogP contribution is 2.20. The molecule has 15 heavy (non-hydrogen) atoms. The van der Waals surface area contributed by atoms with E-state index >= 15 is 0 Å². The number of methoxy groups -OCH3 is 1. The minimum absolute atomic E-state index is 0. The number of aromatic nitrogens is 1. The molecule has 0 unspecified atom stereocenters. The Kier molecular flexibility index (Phi) is 5.15. The first kappa shape index (κ1) is 14.3. The Labute approximate surface area is 96.6 Å². The summed E-state index contributed by atoms with van der Waals surface area (Å²) in [5.74, 6) is -0.0231. The first-order valence-electron chi connectivity index (χ1n) is 3.61. The van der Waals surface area contributed by atoms with E-state index in [4.69, 9.17) is 9.88 Å². The molecule has 1 heterocycles. The van der Waals surface area contributed by atoms with Crippen molar-refractivity contribution in [3.05, 3.63) is 22.3 Å². The molecule has 0 radical (unpaired) electrons. The average Bonchev–Trinajstić information content (AvgIpc) is 2.01. The molecule has 86 valence electrons. The van der Waals surface area contributed by atoms with Crippen LogP contribution in [0.25, 0.3) is 0 Å². The van der Waals surface area contributed by atoms with Gasteiger partial charge in [0, 0.05) is 16.2 Å². The van der Waals surface area contributed by atoms with E-state index in [2.05, 4.69) is 20.9 Å². The molecule has 1 aromatic heterocycles. The van der Waals surface area contributed by atoms with Gasteiger partial charge in [0.15, 0.2) is 0 Å². The van der Waals surface area contributed by atoms with Crippen LogP contribution in [0.1, 0.15) is 5.56 Å². The van der Waals surface area contributed by atoms with Crippen molar-refractivity contribution < 1.29 is 13.2 Å². The van der Waals surface area contributed by atoms with Crippen LogP contribution < -0.4 is 16.0 Å². The van der Waals surface area contributed by atoms with Crippen LogP contribution in [0.15, 0.2) is 16.7 Å². The molecule has 0 amide bonds. The van der Waals surface area contributed by atoms with Gasteiger partial charge in [0.05, 0.1) is 12.9 Å². The number of ether oxygens (including phenoxy) is 1. The van der Waals surface area contributed by atoms with Crippen LogP contribution in [0.4, 0.5) is 0 Å². The molecule has 0 saturated heterocycles. The summed E-state index contributed by atoms with van der Waals surface area (Å²) in [5.41, 5.74) is 0.435. The van der Waals surface area contributed by atoms with Gasteiger partial charge in [-0.1, -0.05) is 0 Å². The van der Waals surface area contributed by atoms with Gasteiger partial charge in [0.25, 0.3) is 0 Å². The zero-order chi connectivity index (χ0) is 10.8. The molecule has 0 aliphatic heterocycles. The predicted octanol–water partition coefficient (Wildman–Crippen LogP) is 0.803. The summed E-state index contributed by atoms with van der Waals surface area (Å²) >= 11 is 3.18. The van der Waals surface area contributed by atoms with Crippen molar-refractivity contribution >= 4 is 26.0 Å². The number of nitrogens with two attached hydrogens (primary N) is 1. The van der Waals surface area contributed by atoms with E-state index in [9.17, 15) is 8.42 Å². The lowest BCUT2D eigenvalue weighted by molar-refractivity contribution is 0.393. The number of primary sulfonamides is 1. The molecule has 0 spiro atoms. The minimum Gasteiger partial charge on any atom is -0.481 e. The molecule has 0 atom stereocenters. The lowest BCUT2D eigenvalue weighted by atomic mass is 10.3. The third kappa shape index (κ3) is 4.56. The molecule has 5 N–H and O–H groups in total. The molecule has 1 aromatic rings. The number of hydrogen-bond donors (Lipinski definition) is 2. The number of halogens is 1. The highest BCUT2D eigenvalue weighted by atomic mass is 79.9. The van der Waals surface area contributed by atoms with Gasteiger partial charge < -0.3 is 10.9 Å². The molecule has 0 bridgehead atoms. The largest absolute Gasteiger partial charge is 0.481 e. The fourth-order valence-corrected chi connectivity index (χ4v) is 1.99. The Balaban J connectivity index is 0.00000196. The average molecular weight is 298 g/mol. The predicted molar refractivity (Wildman–Crippen MR) is 60.3 cm³/mol. The zero-order valence-electron chi connectivity index (χ0n) is 8.10. The summed E-state index contributed by atoms with van der Waals surface area (Å²) in [7, 11) is -2.15. The number of rotatable bonds is 3. The van der Waals surface area contributed by atoms with E-state index in [0.717, 1.165) is 0 Å². The summed E-state index contributed by atoms with van der Waals surface area (Å²) in [6.45, 7) is 0. The molecule has 0 aliphatic carbocycles. The molecular formula is C7H12BrN3O3S. The van der Waals surface area contributed by atoms with E-state index < -0.39 is 10.0 Å². The Morgan fingerprint density at radius 3 is 2.67 bits per heavy atom. The Bertz CT molecular complexity index is 435. The molecule has 0 fully saturated rings. The Hall–Kier alpha value is -0.700. The van der Waals surface area contributed by atoms with Gasteiger partial charge in [0.2, 0.25) is 15.9 Å². The molecular weight excluding hydrogens is 286 g/mol. The van der Waals surface area contributed by atoms with Gasteiger partial charge in [0.1, 0.15) is 0 Å². The summed E-state index contributed by atoms with van der Waals surface area (Å²) in [6.07, 6.45) is 1.52. The maximum absolute atomic E-state index is 10.9. The van der Waals surface area contributed by atoms with Crippen LogP contribution in [-0.4, -0.2) is 20.5 Å². The third-order valence-electron chi connectivity index (χ3n) is 1.44. The number of sulfonamides is 1. The summed E-state index contributed by atoms with van der Waals surface area (Å²) in [6, 6.07) is 1.61. The van der Waals surface area contributed by atoms with Gasteiger partial charge in [-0.25, -0.2) is 18.5 Å². The van der Waals surface area contributed by atoms with Gasteiger partial charge in [-0.2, -0.15) is 0 Å². The molecule has 1 rings (SSSR count). The summed E-state index contributed by atoms with van der Waals surface area (Å²) < 4.78 is 27.3. The molecule has 6 nitrogen and oxygen atoms in total. The first-order valence-corrected chi connectivity index (χ1v) is 6.12. The third-order valence-corrected chi connectivity index (χ3v) is 2.59. The van der Waals surface area contributed by atoms with Gasteiger partial charge in [-0.15, -0.1) is 0 Å². The Morgan fingerprint density at radius 2 is 2.20 bits per heavy atom. The Morgan fingerprint density at radius 1 is 1.60 bits per heavy atom. The van der Waals surface area contributed by atoms with Crippen LogP contribution in [0.5, 0.6) is 5.88 Å². The topological polar surface area (TPSA) is 117 Å². The van der Waals surface area contributed by atoms with Crippen LogP contribution in [0.3, 0.4) is 0 Å². The monoisotopic (exact) mass is 297 g/mol. The first-order chi connectivity index (χ1) is 6.42. The van der Waals surface area contributed by atoms with Crippen molar-refractivity contribution in [3.63, 3.8) is 0 Å². The molecule has 0 aromatic carbocycles. The maximum atomic E-state index is 10.9. The summed E-state index contributed by atoms with van der Waals surface area (Å²) in [5, 5.41) is 4.91. The lowest BCUT2D eigenvalue weighted by Gasteiger charge is -2.05. The number of pyridine rings is 1. The second-order valence-corrected chi connectivity index (χ2v) is 5.16. The van der Waals surface area contributed by atoms with Crippen molar-refractivity contribution in [2.45, 2.75) is 5.75 Å². The van der Waals surface area contributed by atoms with Crippen LogP contribution in [0.2, 0.25) is 0 Å². The van der Waals surface area contributed by atoms with Crippen molar-refractivity contribution in [2.24, 2.45) is 5.14 Å². The van der Waals surface area contributed by atoms with Crippen LogP contribution in [0, 0.1) is 0 Å². The minimum atomic E-state index is -3.57. The second-order valence-electron chi connectivity index (χ2n) is 2.63. The van der Waals surface area contributed by atoms with Crippen molar-refractivity contribution in [1.82, 2.24) is 11.1 Å². The van der Waals surface area contributed by atoms with Crippen molar-refractivity contribution in [1.29, 1.82) is 0 Å². The standard InChI is InChI=1S/C7H9BrN2O3S.H3N/c1-13-7-5(4-14(9,11)12)2-6(8)3-10-7;/h2-3H,4H2,1H3,(H2,9,11,12);1H3. The van der Waals surface area contributed by atoms with Gasteiger partial charge >= 0.3 is 0 Å². The van der Waals surface area contributed by atoms with Crippen molar-refractivity contribution in [3.8, 4) is 5.88 Å². The molecule has 8 heteroatoms. The highest BCUT2D eigenvalue weighted by Gasteiger charge is 2.11. The smallest absolute Gasteiger partial charge is 0.217 e.